The Morgan fingerprint density at radius 2 is 1.96 bits per heavy atom. The van der Waals surface area contributed by atoms with E-state index < -0.39 is 0 Å². The van der Waals surface area contributed by atoms with Crippen LogP contribution in [0.1, 0.15) is 29.9 Å². The molecule has 6 heteroatoms. The van der Waals surface area contributed by atoms with Gasteiger partial charge >= 0.3 is 6.09 Å². The Hall–Kier alpha value is -2.86. The van der Waals surface area contributed by atoms with Crippen molar-refractivity contribution in [1.82, 2.24) is 14.9 Å². The average Bonchev–Trinajstić information content (AvgIpc) is 3.06. The van der Waals surface area contributed by atoms with Gasteiger partial charge in [0.15, 0.2) is 6.04 Å². The van der Waals surface area contributed by atoms with Crippen molar-refractivity contribution in [3.63, 3.8) is 0 Å². The van der Waals surface area contributed by atoms with Gasteiger partial charge in [-0.15, -0.1) is 0 Å². The molecule has 2 N–H and O–H groups in total. The summed E-state index contributed by atoms with van der Waals surface area (Å²) < 4.78 is 5.17. The predicted octanol–water partition coefficient (Wildman–Crippen LogP) is 2.32. The predicted molar refractivity (Wildman–Crippen MR) is 108 cm³/mol. The number of fused-ring (bicyclic) bond motifs is 1. The molecule has 1 aromatic carbocycles. The molecular weight excluding hydrogens is 352 g/mol. The molecule has 1 amide bonds. The number of nitrogens with zero attached hydrogens (tertiary/aromatic N) is 2. The Morgan fingerprint density at radius 3 is 2.68 bits per heavy atom. The molecule has 28 heavy (non-hydrogen) atoms. The van der Waals surface area contributed by atoms with E-state index in [1.807, 2.05) is 30.2 Å². The van der Waals surface area contributed by atoms with E-state index in [4.69, 9.17) is 9.72 Å². The molecule has 0 aliphatic carbocycles. The number of rotatable bonds is 4. The maximum atomic E-state index is 12.1. The quantitative estimate of drug-likeness (QED) is 0.731. The fraction of sp³-hybridized carbons (Fsp3) is 0.364. The minimum atomic E-state index is -0.209. The van der Waals surface area contributed by atoms with Crippen LogP contribution in [0.15, 0.2) is 48.7 Å². The minimum Gasteiger partial charge on any atom is -0.450 e. The van der Waals surface area contributed by atoms with E-state index in [9.17, 15) is 4.79 Å². The van der Waals surface area contributed by atoms with Crippen molar-refractivity contribution in [1.29, 1.82) is 0 Å². The number of carbonyl (C=O) groups is 1. The number of nitrogens with one attached hydrogen (secondary N) is 2. The molecule has 6 nitrogen and oxygen atoms in total. The summed E-state index contributed by atoms with van der Waals surface area (Å²) in [6, 6.07) is 14.7. The van der Waals surface area contributed by atoms with Gasteiger partial charge in [-0.3, -0.25) is 9.88 Å². The largest absolute Gasteiger partial charge is 0.450 e. The van der Waals surface area contributed by atoms with E-state index in [0.29, 0.717) is 19.7 Å². The minimum absolute atomic E-state index is 0.127. The lowest BCUT2D eigenvalue weighted by Gasteiger charge is -2.36. The number of hydrogen-bond acceptors (Lipinski definition) is 3. The van der Waals surface area contributed by atoms with Crippen LogP contribution in [0.2, 0.25) is 0 Å². The maximum absolute atomic E-state index is 12.1. The number of H-pyrrole nitrogens is 1. The van der Waals surface area contributed by atoms with Crippen LogP contribution in [0.25, 0.3) is 10.9 Å². The first kappa shape index (κ1) is 18.5. The van der Waals surface area contributed by atoms with Gasteiger partial charge in [0, 0.05) is 28.4 Å². The third-order valence-electron chi connectivity index (χ3n) is 5.56. The molecular formula is C22H27N4O2+. The lowest BCUT2D eigenvalue weighted by molar-refractivity contribution is -0.929. The van der Waals surface area contributed by atoms with Crippen molar-refractivity contribution in [2.24, 2.45) is 0 Å². The first-order chi connectivity index (χ1) is 13.7. The number of carbonyl (C=O) groups excluding carboxylic acids is 1. The van der Waals surface area contributed by atoms with Gasteiger partial charge in [0.1, 0.15) is 5.69 Å². The second-order valence-corrected chi connectivity index (χ2v) is 7.24. The highest BCUT2D eigenvalue weighted by atomic mass is 16.6. The number of benzene rings is 1. The van der Waals surface area contributed by atoms with E-state index in [1.54, 1.807) is 0 Å². The van der Waals surface area contributed by atoms with E-state index in [2.05, 4.69) is 42.2 Å². The zero-order valence-corrected chi connectivity index (χ0v) is 16.4. The van der Waals surface area contributed by atoms with Crippen molar-refractivity contribution < 1.29 is 14.4 Å². The topological polar surface area (TPSA) is 62.7 Å². The number of piperazine rings is 1. The summed E-state index contributed by atoms with van der Waals surface area (Å²) in [7, 11) is 0. The van der Waals surface area contributed by atoms with Gasteiger partial charge in [0.05, 0.1) is 32.8 Å². The molecule has 1 fully saturated rings. The maximum Gasteiger partial charge on any atom is 0.410 e. The molecule has 1 saturated heterocycles. The zero-order chi connectivity index (χ0) is 19.5. The van der Waals surface area contributed by atoms with Crippen LogP contribution >= 0.6 is 0 Å². The molecule has 0 unspecified atom stereocenters. The third-order valence-corrected chi connectivity index (χ3v) is 5.56. The second kappa shape index (κ2) is 8.02. The number of pyridine rings is 1. The SMILES string of the molecule is CCOC(=O)N1CC[NH+]([C@H](c2ccccn2)c2c(C)[nH]c3ccccc23)CC1. The lowest BCUT2D eigenvalue weighted by Crippen LogP contribution is -3.15. The van der Waals surface area contributed by atoms with Gasteiger partial charge in [-0.2, -0.15) is 0 Å². The smallest absolute Gasteiger partial charge is 0.410 e. The van der Waals surface area contributed by atoms with Crippen molar-refractivity contribution >= 4 is 17.0 Å². The summed E-state index contributed by atoms with van der Waals surface area (Å²) in [5.41, 5.74) is 4.70. The summed E-state index contributed by atoms with van der Waals surface area (Å²) in [6.45, 7) is 7.50. The fourth-order valence-electron chi connectivity index (χ4n) is 4.26. The van der Waals surface area contributed by atoms with Crippen LogP contribution in [0, 0.1) is 6.92 Å². The number of quaternary nitrogens is 1. The molecule has 1 aliphatic heterocycles. The first-order valence-corrected chi connectivity index (χ1v) is 9.93. The van der Waals surface area contributed by atoms with Crippen molar-refractivity contribution in [3.05, 3.63) is 65.6 Å². The Labute approximate surface area is 165 Å². The molecule has 0 saturated carbocycles. The summed E-state index contributed by atoms with van der Waals surface area (Å²) in [5, 5.41) is 1.25. The van der Waals surface area contributed by atoms with Crippen molar-refractivity contribution in [2.75, 3.05) is 32.8 Å². The third kappa shape index (κ3) is 3.47. The normalized spacial score (nSPS) is 16.3. The Morgan fingerprint density at radius 1 is 1.21 bits per heavy atom. The van der Waals surface area contributed by atoms with Crippen molar-refractivity contribution in [2.45, 2.75) is 19.9 Å². The molecule has 4 rings (SSSR count). The molecule has 146 valence electrons. The molecule has 0 spiro atoms. The van der Waals surface area contributed by atoms with Gasteiger partial charge in [-0.1, -0.05) is 24.3 Å². The summed E-state index contributed by atoms with van der Waals surface area (Å²) in [6.07, 6.45) is 1.65. The van der Waals surface area contributed by atoms with Crippen LogP contribution in [0.5, 0.6) is 0 Å². The average molecular weight is 379 g/mol. The van der Waals surface area contributed by atoms with E-state index in [0.717, 1.165) is 24.3 Å². The highest BCUT2D eigenvalue weighted by molar-refractivity contribution is 5.85. The molecule has 1 aliphatic rings. The number of ether oxygens (including phenoxy) is 1. The summed E-state index contributed by atoms with van der Waals surface area (Å²) in [5.74, 6) is 0. The molecule has 0 radical (unpaired) electrons. The van der Waals surface area contributed by atoms with Gasteiger partial charge in [0.2, 0.25) is 0 Å². The van der Waals surface area contributed by atoms with Gasteiger partial charge < -0.3 is 14.6 Å². The number of aryl methyl sites for hydroxylation is 1. The highest BCUT2D eigenvalue weighted by Gasteiger charge is 2.35. The summed E-state index contributed by atoms with van der Waals surface area (Å²) >= 11 is 0. The first-order valence-electron chi connectivity index (χ1n) is 9.93. The van der Waals surface area contributed by atoms with Crippen LogP contribution in [0.4, 0.5) is 4.79 Å². The molecule has 2 aromatic heterocycles. The van der Waals surface area contributed by atoms with E-state index >= 15 is 0 Å². The van der Waals surface area contributed by atoms with Crippen LogP contribution in [0.3, 0.4) is 0 Å². The monoisotopic (exact) mass is 379 g/mol. The molecule has 1 atom stereocenters. The van der Waals surface area contributed by atoms with Gasteiger partial charge in [-0.25, -0.2) is 4.79 Å². The van der Waals surface area contributed by atoms with E-state index in [1.165, 1.54) is 21.5 Å². The van der Waals surface area contributed by atoms with Gasteiger partial charge in [-0.05, 0) is 32.0 Å². The zero-order valence-electron chi connectivity index (χ0n) is 16.4. The highest BCUT2D eigenvalue weighted by Crippen LogP contribution is 2.29. The number of aromatic nitrogens is 2. The standard InChI is InChI=1S/C22H26N4O2/c1-3-28-22(27)26-14-12-25(13-15-26)21(19-10-6-7-11-23-19)20-16(2)24-18-9-5-4-8-17(18)20/h4-11,21,24H,3,12-15H2,1-2H3/p+1/t21-/m1/s1. The number of amides is 1. The van der Waals surface area contributed by atoms with Crippen molar-refractivity contribution in [3.8, 4) is 0 Å². The van der Waals surface area contributed by atoms with E-state index in [-0.39, 0.29) is 12.1 Å². The van der Waals surface area contributed by atoms with Gasteiger partial charge in [0.25, 0.3) is 0 Å². The molecule has 3 heterocycles. The number of aromatic amines is 1. The Kier molecular flexibility index (Phi) is 5.30. The summed E-state index contributed by atoms with van der Waals surface area (Å²) in [4.78, 5) is 23.5. The Bertz CT molecular complexity index is 946. The van der Waals surface area contributed by atoms with Crippen LogP contribution < -0.4 is 4.90 Å². The molecule has 0 bridgehead atoms. The van der Waals surface area contributed by atoms with Crippen LogP contribution in [-0.4, -0.2) is 53.7 Å². The second-order valence-electron chi connectivity index (χ2n) is 7.24. The Balaban J connectivity index is 1.68. The lowest BCUT2D eigenvalue weighted by atomic mass is 9.97. The molecule has 3 aromatic rings. The fourth-order valence-corrected chi connectivity index (χ4v) is 4.26. The number of para-hydroxylation sites is 1. The number of hydrogen-bond donors (Lipinski definition) is 2. The van der Waals surface area contributed by atoms with Crippen LogP contribution in [-0.2, 0) is 4.74 Å².